The second kappa shape index (κ2) is 8.95. The van der Waals surface area contributed by atoms with Crippen LogP contribution in [0, 0.1) is 5.92 Å². The van der Waals surface area contributed by atoms with Gasteiger partial charge < -0.3 is 10.2 Å². The molecule has 2 rings (SSSR count). The molecule has 1 aromatic carbocycles. The fourth-order valence-electron chi connectivity index (χ4n) is 3.26. The summed E-state index contributed by atoms with van der Waals surface area (Å²) in [6, 6.07) is 8.08. The molecule has 1 heterocycles. The molecular weight excluding hydrogens is 284 g/mol. The van der Waals surface area contributed by atoms with Gasteiger partial charge in [0.05, 0.1) is 11.4 Å². The molecule has 1 N–H and O–H groups in total. The standard InChI is InChI=1S/C20H32N2O/c1-4-5-6-7-8-9-12-15-22-18-14-11-10-13-17(18)21-19(16(2)3)20(22)23/h10-11,13-14,16,19,21H,4-9,12,15H2,1-3H3. The van der Waals surface area contributed by atoms with E-state index in [-0.39, 0.29) is 11.9 Å². The van der Waals surface area contributed by atoms with Crippen LogP contribution in [0.15, 0.2) is 24.3 Å². The first kappa shape index (κ1) is 17.8. The molecule has 1 atom stereocenters. The van der Waals surface area contributed by atoms with Crippen molar-refractivity contribution in [2.24, 2.45) is 5.92 Å². The molecule has 0 bridgehead atoms. The van der Waals surface area contributed by atoms with Crippen molar-refractivity contribution >= 4 is 17.3 Å². The SMILES string of the molecule is CCCCCCCCCN1C(=O)C(C(C)C)Nc2ccccc21. The molecule has 3 nitrogen and oxygen atoms in total. The van der Waals surface area contributed by atoms with Crippen LogP contribution in [0.3, 0.4) is 0 Å². The topological polar surface area (TPSA) is 32.3 Å². The van der Waals surface area contributed by atoms with Crippen LogP contribution in [0.2, 0.25) is 0 Å². The Kier molecular flexibility index (Phi) is 6.94. The summed E-state index contributed by atoms with van der Waals surface area (Å²) in [7, 11) is 0. The molecule has 0 fully saturated rings. The lowest BCUT2D eigenvalue weighted by atomic mass is 9.98. The highest BCUT2D eigenvalue weighted by Gasteiger charge is 2.33. The first-order valence-electron chi connectivity index (χ1n) is 9.32. The molecular formula is C20H32N2O. The number of nitrogens with one attached hydrogen (secondary N) is 1. The number of amides is 1. The number of para-hydroxylation sites is 2. The summed E-state index contributed by atoms with van der Waals surface area (Å²) < 4.78 is 0. The van der Waals surface area contributed by atoms with Crippen molar-refractivity contribution in [3.8, 4) is 0 Å². The summed E-state index contributed by atoms with van der Waals surface area (Å²) in [5.41, 5.74) is 2.13. The Morgan fingerprint density at radius 2 is 1.70 bits per heavy atom. The lowest BCUT2D eigenvalue weighted by Gasteiger charge is -2.37. The second-order valence-electron chi connectivity index (χ2n) is 6.99. The van der Waals surface area contributed by atoms with E-state index in [1.54, 1.807) is 0 Å². The van der Waals surface area contributed by atoms with Gasteiger partial charge in [-0.05, 0) is 24.5 Å². The third kappa shape index (κ3) is 4.73. The van der Waals surface area contributed by atoms with E-state index in [2.05, 4.69) is 38.2 Å². The summed E-state index contributed by atoms with van der Waals surface area (Å²) in [5, 5.41) is 3.41. The Morgan fingerprint density at radius 3 is 2.39 bits per heavy atom. The Hall–Kier alpha value is -1.51. The van der Waals surface area contributed by atoms with Crippen molar-refractivity contribution in [3.63, 3.8) is 0 Å². The number of carbonyl (C=O) groups excluding carboxylic acids is 1. The van der Waals surface area contributed by atoms with Crippen LogP contribution in [-0.2, 0) is 4.79 Å². The van der Waals surface area contributed by atoms with Crippen LogP contribution in [0.4, 0.5) is 11.4 Å². The van der Waals surface area contributed by atoms with Gasteiger partial charge in [-0.15, -0.1) is 0 Å². The number of fused-ring (bicyclic) bond motifs is 1. The molecule has 0 spiro atoms. The van der Waals surface area contributed by atoms with Gasteiger partial charge >= 0.3 is 0 Å². The molecule has 128 valence electrons. The van der Waals surface area contributed by atoms with Gasteiger partial charge in [0.1, 0.15) is 6.04 Å². The molecule has 1 aliphatic rings. The molecule has 3 heteroatoms. The van der Waals surface area contributed by atoms with Gasteiger partial charge in [0.15, 0.2) is 0 Å². The van der Waals surface area contributed by atoms with Crippen molar-refractivity contribution in [1.29, 1.82) is 0 Å². The lowest BCUT2D eigenvalue weighted by Crippen LogP contribution is -2.49. The Balaban J connectivity index is 1.92. The summed E-state index contributed by atoms with van der Waals surface area (Å²) in [6.45, 7) is 7.30. The van der Waals surface area contributed by atoms with E-state index in [0.717, 1.165) is 24.3 Å². The predicted octanol–water partition coefficient (Wildman–Crippen LogP) is 5.22. The van der Waals surface area contributed by atoms with Crippen molar-refractivity contribution in [1.82, 2.24) is 0 Å². The van der Waals surface area contributed by atoms with E-state index in [0.29, 0.717) is 5.92 Å². The first-order valence-corrected chi connectivity index (χ1v) is 9.32. The van der Waals surface area contributed by atoms with Crippen molar-refractivity contribution < 1.29 is 4.79 Å². The maximum Gasteiger partial charge on any atom is 0.249 e. The van der Waals surface area contributed by atoms with Gasteiger partial charge in [-0.2, -0.15) is 0 Å². The number of anilines is 2. The number of unbranched alkanes of at least 4 members (excludes halogenated alkanes) is 6. The zero-order valence-electron chi connectivity index (χ0n) is 15.0. The highest BCUT2D eigenvalue weighted by molar-refractivity contribution is 6.05. The number of nitrogens with zero attached hydrogens (tertiary/aromatic N) is 1. The van der Waals surface area contributed by atoms with Gasteiger partial charge in [-0.25, -0.2) is 0 Å². The number of hydrogen-bond donors (Lipinski definition) is 1. The van der Waals surface area contributed by atoms with E-state index >= 15 is 0 Å². The van der Waals surface area contributed by atoms with Crippen LogP contribution in [-0.4, -0.2) is 18.5 Å². The molecule has 1 aliphatic heterocycles. The minimum Gasteiger partial charge on any atom is -0.372 e. The molecule has 0 aliphatic carbocycles. The van der Waals surface area contributed by atoms with Gasteiger partial charge in [0, 0.05) is 6.54 Å². The molecule has 1 unspecified atom stereocenters. The monoisotopic (exact) mass is 316 g/mol. The van der Waals surface area contributed by atoms with Crippen LogP contribution >= 0.6 is 0 Å². The van der Waals surface area contributed by atoms with Crippen molar-refractivity contribution in [3.05, 3.63) is 24.3 Å². The molecule has 0 saturated carbocycles. The smallest absolute Gasteiger partial charge is 0.249 e. The number of benzene rings is 1. The zero-order chi connectivity index (χ0) is 16.7. The minimum atomic E-state index is -0.102. The summed E-state index contributed by atoms with van der Waals surface area (Å²) in [5.74, 6) is 0.525. The highest BCUT2D eigenvalue weighted by Crippen LogP contribution is 2.33. The fraction of sp³-hybridized carbons (Fsp3) is 0.650. The minimum absolute atomic E-state index is 0.102. The normalized spacial score (nSPS) is 17.3. The van der Waals surface area contributed by atoms with E-state index in [1.807, 2.05) is 17.0 Å². The maximum atomic E-state index is 12.8. The lowest BCUT2D eigenvalue weighted by molar-refractivity contribution is -0.120. The third-order valence-corrected chi connectivity index (χ3v) is 4.69. The first-order chi connectivity index (χ1) is 11.1. The number of rotatable bonds is 9. The zero-order valence-corrected chi connectivity index (χ0v) is 15.0. The average molecular weight is 316 g/mol. The van der Waals surface area contributed by atoms with Gasteiger partial charge in [-0.3, -0.25) is 4.79 Å². The van der Waals surface area contributed by atoms with Gasteiger partial charge in [-0.1, -0.05) is 71.4 Å². The third-order valence-electron chi connectivity index (χ3n) is 4.69. The van der Waals surface area contributed by atoms with Gasteiger partial charge in [0.25, 0.3) is 0 Å². The summed E-state index contributed by atoms with van der Waals surface area (Å²) in [4.78, 5) is 14.8. The maximum absolute atomic E-state index is 12.8. The van der Waals surface area contributed by atoms with Crippen LogP contribution < -0.4 is 10.2 Å². The van der Waals surface area contributed by atoms with Crippen molar-refractivity contribution in [2.75, 3.05) is 16.8 Å². The van der Waals surface area contributed by atoms with E-state index < -0.39 is 0 Å². The second-order valence-corrected chi connectivity index (χ2v) is 6.99. The quantitative estimate of drug-likeness (QED) is 0.633. The fourth-order valence-corrected chi connectivity index (χ4v) is 3.26. The molecule has 1 aromatic rings. The molecule has 23 heavy (non-hydrogen) atoms. The largest absolute Gasteiger partial charge is 0.372 e. The average Bonchev–Trinajstić information content (AvgIpc) is 2.55. The Labute approximate surface area is 141 Å². The molecule has 1 amide bonds. The van der Waals surface area contributed by atoms with E-state index in [1.165, 1.54) is 38.5 Å². The molecule has 0 saturated heterocycles. The summed E-state index contributed by atoms with van der Waals surface area (Å²) >= 11 is 0. The molecule has 0 radical (unpaired) electrons. The van der Waals surface area contributed by atoms with Crippen LogP contribution in [0.5, 0.6) is 0 Å². The van der Waals surface area contributed by atoms with Crippen LogP contribution in [0.1, 0.15) is 65.7 Å². The van der Waals surface area contributed by atoms with Crippen LogP contribution in [0.25, 0.3) is 0 Å². The Bertz CT molecular complexity index is 498. The number of carbonyl (C=O) groups is 1. The van der Waals surface area contributed by atoms with E-state index in [4.69, 9.17) is 0 Å². The van der Waals surface area contributed by atoms with Crippen molar-refractivity contribution in [2.45, 2.75) is 71.8 Å². The number of hydrogen-bond acceptors (Lipinski definition) is 2. The Morgan fingerprint density at radius 1 is 1.04 bits per heavy atom. The highest BCUT2D eigenvalue weighted by atomic mass is 16.2. The van der Waals surface area contributed by atoms with Gasteiger partial charge in [0.2, 0.25) is 5.91 Å². The summed E-state index contributed by atoms with van der Waals surface area (Å²) in [6.07, 6.45) is 8.92. The molecule has 0 aromatic heterocycles. The van der Waals surface area contributed by atoms with E-state index in [9.17, 15) is 4.79 Å². The predicted molar refractivity (Wildman–Crippen MR) is 99.0 cm³/mol.